The van der Waals surface area contributed by atoms with E-state index in [0.29, 0.717) is 5.92 Å². The second-order valence-electron chi connectivity index (χ2n) is 4.79. The molecule has 0 fully saturated rings. The molecule has 1 aliphatic rings. The van der Waals surface area contributed by atoms with Gasteiger partial charge in [-0.1, -0.05) is 24.3 Å². The highest BCUT2D eigenvalue weighted by Gasteiger charge is 2.32. The maximum absolute atomic E-state index is 5.70. The van der Waals surface area contributed by atoms with Crippen molar-refractivity contribution < 1.29 is 0 Å². The third kappa shape index (κ3) is 1.81. The van der Waals surface area contributed by atoms with Crippen LogP contribution in [0.1, 0.15) is 22.9 Å². The predicted molar refractivity (Wildman–Crippen MR) is 68.7 cm³/mol. The third-order valence-corrected chi connectivity index (χ3v) is 3.80. The molecule has 0 spiro atoms. The van der Waals surface area contributed by atoms with Crippen molar-refractivity contribution in [1.82, 2.24) is 20.2 Å². The monoisotopic (exact) mass is 243 g/mol. The Labute approximate surface area is 106 Å². The number of aromatic nitrogens is 3. The van der Waals surface area contributed by atoms with Crippen LogP contribution in [0.2, 0.25) is 0 Å². The number of nitrogens with zero attached hydrogens (tertiary/aromatic N) is 3. The number of hydrogen-bond acceptors (Lipinski definition) is 4. The van der Waals surface area contributed by atoms with E-state index in [1.165, 1.54) is 11.1 Å². The number of hydrogen-bond donors (Lipinski definition) is 2. The standard InChI is InChI=1S/C13H17N5/c1-18-13(15-8-16-18)7-12(17-14)11-6-9-4-2-3-5-10(9)11/h2-5,8,11-12,17H,6-7,14H2,1H3. The van der Waals surface area contributed by atoms with E-state index in [1.807, 2.05) is 7.05 Å². The van der Waals surface area contributed by atoms with Gasteiger partial charge in [0.25, 0.3) is 0 Å². The van der Waals surface area contributed by atoms with Crippen LogP contribution < -0.4 is 11.3 Å². The Morgan fingerprint density at radius 1 is 1.50 bits per heavy atom. The number of benzene rings is 1. The molecule has 0 radical (unpaired) electrons. The van der Waals surface area contributed by atoms with Gasteiger partial charge in [-0.15, -0.1) is 0 Å². The van der Waals surface area contributed by atoms with Gasteiger partial charge in [0, 0.05) is 25.4 Å². The van der Waals surface area contributed by atoms with Gasteiger partial charge in [0.2, 0.25) is 0 Å². The maximum atomic E-state index is 5.70. The molecular formula is C13H17N5. The summed E-state index contributed by atoms with van der Waals surface area (Å²) in [6, 6.07) is 8.75. The zero-order chi connectivity index (χ0) is 12.5. The molecular weight excluding hydrogens is 226 g/mol. The number of nitrogens with one attached hydrogen (secondary N) is 1. The maximum Gasteiger partial charge on any atom is 0.138 e. The van der Waals surface area contributed by atoms with E-state index in [-0.39, 0.29) is 6.04 Å². The van der Waals surface area contributed by atoms with Crippen LogP contribution in [0.3, 0.4) is 0 Å². The fourth-order valence-corrected chi connectivity index (χ4v) is 2.68. The summed E-state index contributed by atoms with van der Waals surface area (Å²) in [6.07, 6.45) is 3.46. The normalized spacial score (nSPS) is 19.1. The van der Waals surface area contributed by atoms with Gasteiger partial charge in [-0.25, -0.2) is 4.98 Å². The Hall–Kier alpha value is -1.72. The summed E-state index contributed by atoms with van der Waals surface area (Å²) in [6.45, 7) is 0. The molecule has 5 nitrogen and oxygen atoms in total. The highest BCUT2D eigenvalue weighted by Crippen LogP contribution is 2.37. The van der Waals surface area contributed by atoms with Crippen molar-refractivity contribution >= 4 is 0 Å². The number of rotatable bonds is 4. The fourth-order valence-electron chi connectivity index (χ4n) is 2.68. The lowest BCUT2D eigenvalue weighted by Crippen LogP contribution is -2.45. The molecule has 3 N–H and O–H groups in total. The molecule has 0 saturated carbocycles. The van der Waals surface area contributed by atoms with Crippen molar-refractivity contribution in [2.75, 3.05) is 0 Å². The molecule has 2 atom stereocenters. The molecule has 0 aliphatic heterocycles. The summed E-state index contributed by atoms with van der Waals surface area (Å²) in [5.41, 5.74) is 5.77. The van der Waals surface area contributed by atoms with Gasteiger partial charge in [-0.3, -0.25) is 16.0 Å². The van der Waals surface area contributed by atoms with Crippen molar-refractivity contribution in [3.8, 4) is 0 Å². The second-order valence-corrected chi connectivity index (χ2v) is 4.79. The summed E-state index contributed by atoms with van der Waals surface area (Å²) < 4.78 is 1.80. The lowest BCUT2D eigenvalue weighted by atomic mass is 9.73. The van der Waals surface area contributed by atoms with Crippen LogP contribution in [0.15, 0.2) is 30.6 Å². The van der Waals surface area contributed by atoms with Gasteiger partial charge in [0.15, 0.2) is 0 Å². The first-order valence-electron chi connectivity index (χ1n) is 6.16. The third-order valence-electron chi connectivity index (χ3n) is 3.80. The number of fused-ring (bicyclic) bond motifs is 1. The van der Waals surface area contributed by atoms with Crippen molar-refractivity contribution in [3.63, 3.8) is 0 Å². The van der Waals surface area contributed by atoms with Crippen LogP contribution in [-0.2, 0) is 19.9 Å². The van der Waals surface area contributed by atoms with E-state index in [1.54, 1.807) is 11.0 Å². The van der Waals surface area contributed by atoms with Crippen molar-refractivity contribution in [2.24, 2.45) is 12.9 Å². The van der Waals surface area contributed by atoms with Gasteiger partial charge in [-0.05, 0) is 17.5 Å². The van der Waals surface area contributed by atoms with Crippen molar-refractivity contribution in [3.05, 3.63) is 47.5 Å². The molecule has 0 saturated heterocycles. The summed E-state index contributed by atoms with van der Waals surface area (Å²) in [7, 11) is 1.91. The van der Waals surface area contributed by atoms with Gasteiger partial charge in [0.05, 0.1) is 0 Å². The minimum absolute atomic E-state index is 0.211. The molecule has 5 heteroatoms. The van der Waals surface area contributed by atoms with Gasteiger partial charge < -0.3 is 0 Å². The van der Waals surface area contributed by atoms with Crippen LogP contribution in [0.25, 0.3) is 0 Å². The average molecular weight is 243 g/mol. The van der Waals surface area contributed by atoms with E-state index in [2.05, 4.69) is 39.8 Å². The Balaban J connectivity index is 1.77. The van der Waals surface area contributed by atoms with E-state index in [0.717, 1.165) is 18.7 Å². The molecule has 0 amide bonds. The number of nitrogens with two attached hydrogens (primary N) is 1. The van der Waals surface area contributed by atoms with Crippen LogP contribution in [0.5, 0.6) is 0 Å². The van der Waals surface area contributed by atoms with Gasteiger partial charge in [-0.2, -0.15) is 5.10 Å². The first kappa shape index (κ1) is 11.4. The van der Waals surface area contributed by atoms with Crippen LogP contribution in [0.4, 0.5) is 0 Å². The summed E-state index contributed by atoms with van der Waals surface area (Å²) in [5, 5.41) is 4.09. The average Bonchev–Trinajstić information content (AvgIpc) is 2.75. The zero-order valence-electron chi connectivity index (χ0n) is 10.4. The quantitative estimate of drug-likeness (QED) is 0.607. The summed E-state index contributed by atoms with van der Waals surface area (Å²) >= 11 is 0. The molecule has 3 rings (SSSR count). The summed E-state index contributed by atoms with van der Waals surface area (Å²) in [4.78, 5) is 4.26. The summed E-state index contributed by atoms with van der Waals surface area (Å²) in [5.74, 6) is 7.13. The SMILES string of the molecule is Cn1ncnc1CC(NN)C1Cc2ccccc21. The van der Waals surface area contributed by atoms with Crippen molar-refractivity contribution in [1.29, 1.82) is 0 Å². The number of aryl methyl sites for hydroxylation is 1. The fraction of sp³-hybridized carbons (Fsp3) is 0.385. The van der Waals surface area contributed by atoms with Crippen LogP contribution in [0, 0.1) is 0 Å². The van der Waals surface area contributed by atoms with Gasteiger partial charge >= 0.3 is 0 Å². The molecule has 1 aliphatic carbocycles. The zero-order valence-corrected chi connectivity index (χ0v) is 10.4. The smallest absolute Gasteiger partial charge is 0.138 e. The first-order chi connectivity index (χ1) is 8.79. The minimum Gasteiger partial charge on any atom is -0.271 e. The minimum atomic E-state index is 0.211. The lowest BCUT2D eigenvalue weighted by molar-refractivity contribution is 0.393. The molecule has 2 aromatic rings. The number of hydrazine groups is 1. The highest BCUT2D eigenvalue weighted by molar-refractivity contribution is 5.41. The molecule has 1 aromatic heterocycles. The predicted octanol–water partition coefficient (Wildman–Crippen LogP) is 0.529. The molecule has 94 valence electrons. The Kier molecular flexibility index (Phi) is 2.85. The van der Waals surface area contributed by atoms with E-state index >= 15 is 0 Å². The molecule has 2 unspecified atom stereocenters. The first-order valence-corrected chi connectivity index (χ1v) is 6.16. The van der Waals surface area contributed by atoms with E-state index in [4.69, 9.17) is 5.84 Å². The van der Waals surface area contributed by atoms with Crippen molar-refractivity contribution in [2.45, 2.75) is 24.8 Å². The molecule has 0 bridgehead atoms. The Bertz CT molecular complexity index is 548. The Morgan fingerprint density at radius 3 is 3.00 bits per heavy atom. The van der Waals surface area contributed by atoms with Crippen LogP contribution in [-0.4, -0.2) is 20.8 Å². The highest BCUT2D eigenvalue weighted by atomic mass is 15.3. The largest absolute Gasteiger partial charge is 0.271 e. The molecule has 18 heavy (non-hydrogen) atoms. The molecule has 1 heterocycles. The molecule has 1 aromatic carbocycles. The van der Waals surface area contributed by atoms with E-state index < -0.39 is 0 Å². The van der Waals surface area contributed by atoms with Gasteiger partial charge in [0.1, 0.15) is 12.2 Å². The van der Waals surface area contributed by atoms with Crippen LogP contribution >= 0.6 is 0 Å². The second kappa shape index (κ2) is 4.51. The lowest BCUT2D eigenvalue weighted by Gasteiger charge is -2.36. The topological polar surface area (TPSA) is 68.8 Å². The Morgan fingerprint density at radius 2 is 2.33 bits per heavy atom. The van der Waals surface area contributed by atoms with E-state index in [9.17, 15) is 0 Å².